The van der Waals surface area contributed by atoms with E-state index in [1.807, 2.05) is 6.07 Å². The van der Waals surface area contributed by atoms with Gasteiger partial charge >= 0.3 is 0 Å². The summed E-state index contributed by atoms with van der Waals surface area (Å²) in [7, 11) is 0. The minimum Gasteiger partial charge on any atom is -0.474 e. The van der Waals surface area contributed by atoms with Gasteiger partial charge in [-0.05, 0) is 26.0 Å². The minimum atomic E-state index is -0.754. The molecule has 3 heteroatoms. The molecule has 76 valence electrons. The molecule has 0 N–H and O–H groups in total. The second-order valence-corrected chi connectivity index (χ2v) is 3.95. The van der Waals surface area contributed by atoms with Crippen LogP contribution in [0.25, 0.3) is 0 Å². The van der Waals surface area contributed by atoms with Crippen molar-refractivity contribution in [2.24, 2.45) is 0 Å². The van der Waals surface area contributed by atoms with Crippen LogP contribution in [0.4, 0.5) is 0 Å². The van der Waals surface area contributed by atoms with Gasteiger partial charge in [0.25, 0.3) is 0 Å². The van der Waals surface area contributed by atoms with Crippen LogP contribution in [0.5, 0.6) is 5.75 Å². The van der Waals surface area contributed by atoms with Crippen LogP contribution in [0.2, 0.25) is 5.02 Å². The van der Waals surface area contributed by atoms with Crippen LogP contribution in [0.3, 0.4) is 0 Å². The van der Waals surface area contributed by atoms with Gasteiger partial charge < -0.3 is 4.74 Å². The molecule has 0 aromatic heterocycles. The molecule has 0 heterocycles. The van der Waals surface area contributed by atoms with Crippen molar-refractivity contribution < 1.29 is 4.74 Å². The number of hydrogen-bond donors (Lipinski definition) is 0. The van der Waals surface area contributed by atoms with Crippen molar-refractivity contribution in [3.63, 3.8) is 0 Å². The molecule has 0 fully saturated rings. The van der Waals surface area contributed by atoms with Crippen molar-refractivity contribution in [3.05, 3.63) is 28.8 Å². The highest BCUT2D eigenvalue weighted by molar-refractivity contribution is 6.30. The van der Waals surface area contributed by atoms with E-state index in [-0.39, 0.29) is 0 Å². The molecule has 0 saturated heterocycles. The number of terminal acetylenes is 1. The number of ether oxygens (including phenoxy) is 1. The first-order valence-electron chi connectivity index (χ1n) is 4.35. The predicted molar refractivity (Wildman–Crippen MR) is 59.7 cm³/mol. The molecular formula is C12H10ClNO. The third-order valence-electron chi connectivity index (χ3n) is 1.78. The molecule has 0 spiro atoms. The highest BCUT2D eigenvalue weighted by atomic mass is 35.5. The van der Waals surface area contributed by atoms with E-state index in [2.05, 4.69) is 5.92 Å². The average Bonchev–Trinajstić information content (AvgIpc) is 2.18. The molecule has 15 heavy (non-hydrogen) atoms. The third-order valence-corrected chi connectivity index (χ3v) is 2.01. The second-order valence-electron chi connectivity index (χ2n) is 3.51. The Kier molecular flexibility index (Phi) is 3.24. The fraction of sp³-hybridized carbons (Fsp3) is 0.250. The molecule has 1 rings (SSSR count). The van der Waals surface area contributed by atoms with Crippen molar-refractivity contribution in [3.8, 4) is 24.2 Å². The summed E-state index contributed by atoms with van der Waals surface area (Å²) < 4.78 is 5.51. The fourth-order valence-corrected chi connectivity index (χ4v) is 1.14. The van der Waals surface area contributed by atoms with E-state index in [4.69, 9.17) is 28.0 Å². The van der Waals surface area contributed by atoms with Crippen LogP contribution in [0.15, 0.2) is 18.2 Å². The lowest BCUT2D eigenvalue weighted by molar-refractivity contribution is 0.172. The molecule has 0 amide bonds. The molecule has 0 bridgehead atoms. The highest BCUT2D eigenvalue weighted by Gasteiger charge is 2.17. The largest absolute Gasteiger partial charge is 0.474 e. The van der Waals surface area contributed by atoms with Gasteiger partial charge in [0, 0.05) is 11.1 Å². The smallest absolute Gasteiger partial charge is 0.163 e. The zero-order chi connectivity index (χ0) is 11.5. The molecule has 0 atom stereocenters. The lowest BCUT2D eigenvalue weighted by atomic mass is 10.1. The van der Waals surface area contributed by atoms with Gasteiger partial charge in [-0.2, -0.15) is 5.26 Å². The molecule has 0 aliphatic rings. The molecule has 0 aliphatic carbocycles. The number of nitriles is 1. The topological polar surface area (TPSA) is 33.0 Å². The predicted octanol–water partition coefficient (Wildman–Crippen LogP) is 3.00. The van der Waals surface area contributed by atoms with E-state index in [1.54, 1.807) is 32.0 Å². The Morgan fingerprint density at radius 3 is 2.67 bits per heavy atom. The summed E-state index contributed by atoms with van der Waals surface area (Å²) in [4.78, 5) is 0. The summed E-state index contributed by atoms with van der Waals surface area (Å²) in [6.07, 6.45) is 5.29. The molecular weight excluding hydrogens is 210 g/mol. The summed E-state index contributed by atoms with van der Waals surface area (Å²) in [5, 5.41) is 9.37. The Hall–Kier alpha value is -1.64. The quantitative estimate of drug-likeness (QED) is 0.717. The summed E-state index contributed by atoms with van der Waals surface area (Å²) in [5.74, 6) is 2.90. The molecule has 0 aliphatic heterocycles. The zero-order valence-corrected chi connectivity index (χ0v) is 9.30. The standard InChI is InChI=1S/C12H10ClNO/c1-4-12(2,3)15-11-7-10(13)6-5-9(11)8-14/h1,5-7H,2-3H3. The molecule has 0 radical (unpaired) electrons. The minimum absolute atomic E-state index is 0.410. The maximum Gasteiger partial charge on any atom is 0.163 e. The summed E-state index contributed by atoms with van der Waals surface area (Å²) >= 11 is 5.80. The Morgan fingerprint density at radius 1 is 1.47 bits per heavy atom. The Bertz CT molecular complexity index is 452. The number of rotatable bonds is 2. The fourth-order valence-electron chi connectivity index (χ4n) is 0.977. The molecule has 1 aromatic rings. The van der Waals surface area contributed by atoms with Gasteiger partial charge in [-0.15, -0.1) is 6.42 Å². The van der Waals surface area contributed by atoms with Crippen LogP contribution in [0, 0.1) is 23.7 Å². The monoisotopic (exact) mass is 219 g/mol. The van der Waals surface area contributed by atoms with Crippen molar-refractivity contribution in [1.82, 2.24) is 0 Å². The van der Waals surface area contributed by atoms with Crippen LogP contribution in [-0.2, 0) is 0 Å². The van der Waals surface area contributed by atoms with Crippen LogP contribution in [0.1, 0.15) is 19.4 Å². The average molecular weight is 220 g/mol. The van der Waals surface area contributed by atoms with Crippen molar-refractivity contribution in [1.29, 1.82) is 5.26 Å². The summed E-state index contributed by atoms with van der Waals surface area (Å²) in [5.41, 5.74) is -0.334. The second kappa shape index (κ2) is 4.26. The molecule has 0 unspecified atom stereocenters. The van der Waals surface area contributed by atoms with Crippen molar-refractivity contribution >= 4 is 11.6 Å². The van der Waals surface area contributed by atoms with Gasteiger partial charge in [0.2, 0.25) is 0 Å². The van der Waals surface area contributed by atoms with E-state index in [1.165, 1.54) is 0 Å². The summed E-state index contributed by atoms with van der Waals surface area (Å²) in [6.45, 7) is 3.49. The van der Waals surface area contributed by atoms with Gasteiger partial charge in [-0.25, -0.2) is 0 Å². The van der Waals surface area contributed by atoms with E-state index in [9.17, 15) is 0 Å². The number of hydrogen-bond acceptors (Lipinski definition) is 2. The Balaban J connectivity index is 3.10. The maximum absolute atomic E-state index is 8.85. The van der Waals surface area contributed by atoms with E-state index >= 15 is 0 Å². The van der Waals surface area contributed by atoms with Gasteiger partial charge in [0.05, 0.1) is 5.56 Å². The van der Waals surface area contributed by atoms with E-state index in [0.717, 1.165) is 0 Å². The third kappa shape index (κ3) is 2.91. The first-order valence-corrected chi connectivity index (χ1v) is 4.73. The lowest BCUT2D eigenvalue weighted by Gasteiger charge is -2.20. The van der Waals surface area contributed by atoms with Gasteiger partial charge in [0.15, 0.2) is 5.60 Å². The zero-order valence-electron chi connectivity index (χ0n) is 8.54. The Morgan fingerprint density at radius 2 is 2.13 bits per heavy atom. The molecule has 0 saturated carbocycles. The molecule has 2 nitrogen and oxygen atoms in total. The van der Waals surface area contributed by atoms with Gasteiger partial charge in [-0.1, -0.05) is 17.5 Å². The van der Waals surface area contributed by atoms with E-state index in [0.29, 0.717) is 16.3 Å². The van der Waals surface area contributed by atoms with Crippen LogP contribution < -0.4 is 4.74 Å². The molecule has 1 aromatic carbocycles. The highest BCUT2D eigenvalue weighted by Crippen LogP contribution is 2.26. The normalized spacial score (nSPS) is 10.2. The van der Waals surface area contributed by atoms with E-state index < -0.39 is 5.60 Å². The Labute approximate surface area is 94.4 Å². The SMILES string of the molecule is C#CC(C)(C)Oc1cc(Cl)ccc1C#N. The maximum atomic E-state index is 8.85. The summed E-state index contributed by atoms with van der Waals surface area (Å²) in [6, 6.07) is 6.84. The number of nitrogens with zero attached hydrogens (tertiary/aromatic N) is 1. The lowest BCUT2D eigenvalue weighted by Crippen LogP contribution is -2.25. The van der Waals surface area contributed by atoms with Crippen molar-refractivity contribution in [2.75, 3.05) is 0 Å². The van der Waals surface area contributed by atoms with Gasteiger partial charge in [-0.3, -0.25) is 0 Å². The first kappa shape index (κ1) is 11.4. The van der Waals surface area contributed by atoms with Crippen LogP contribution in [-0.4, -0.2) is 5.60 Å². The van der Waals surface area contributed by atoms with Gasteiger partial charge in [0.1, 0.15) is 11.8 Å². The van der Waals surface area contributed by atoms with Crippen LogP contribution >= 0.6 is 11.6 Å². The van der Waals surface area contributed by atoms with Crippen molar-refractivity contribution in [2.45, 2.75) is 19.4 Å². The first-order chi connectivity index (χ1) is 6.98. The number of benzene rings is 1. The number of halogens is 1.